The van der Waals surface area contributed by atoms with Gasteiger partial charge in [0.25, 0.3) is 0 Å². The zero-order chi connectivity index (χ0) is 8.55. The van der Waals surface area contributed by atoms with Crippen LogP contribution in [0.25, 0.3) is 0 Å². The van der Waals surface area contributed by atoms with Crippen LogP contribution in [0.2, 0.25) is 0 Å². The van der Waals surface area contributed by atoms with Gasteiger partial charge in [-0.1, -0.05) is 12.2 Å². The Morgan fingerprint density at radius 3 is 3.00 bits per heavy atom. The van der Waals surface area contributed by atoms with E-state index in [1.54, 1.807) is 0 Å². The first-order chi connectivity index (χ1) is 5.75. The fraction of sp³-hybridized carbons (Fsp3) is 0.222. The van der Waals surface area contributed by atoms with Gasteiger partial charge in [0.15, 0.2) is 0 Å². The van der Waals surface area contributed by atoms with Crippen LogP contribution in [0.3, 0.4) is 0 Å². The number of thiocarbonyl (C=S) groups is 1. The normalized spacial score (nSPS) is 15.2. The van der Waals surface area contributed by atoms with Crippen molar-refractivity contribution in [3.8, 4) is 0 Å². The third kappa shape index (κ3) is 1.28. The highest BCUT2D eigenvalue weighted by Gasteiger charge is 2.11. The fourth-order valence-corrected chi connectivity index (χ4v) is 1.62. The minimum Gasteiger partial charge on any atom is -0.399 e. The molecule has 0 fully saturated rings. The standard InChI is InChI=1S/C9H10N2S/c10-7-2-3-8-6(5-7)1-4-9(12)11-8/h2-3,5H,1,4,10H2,(H,11,12). The molecule has 3 heteroatoms. The van der Waals surface area contributed by atoms with Crippen LogP contribution < -0.4 is 11.1 Å². The summed E-state index contributed by atoms with van der Waals surface area (Å²) in [5.74, 6) is 0. The Bertz CT molecular complexity index is 333. The predicted molar refractivity (Wildman–Crippen MR) is 55.4 cm³/mol. The van der Waals surface area contributed by atoms with Crippen LogP contribution in [0.1, 0.15) is 12.0 Å². The molecule has 0 unspecified atom stereocenters. The first-order valence-electron chi connectivity index (χ1n) is 3.94. The molecule has 1 aliphatic rings. The van der Waals surface area contributed by atoms with E-state index in [1.807, 2.05) is 18.2 Å². The Balaban J connectivity index is 2.43. The first kappa shape index (κ1) is 7.55. The molecule has 2 rings (SSSR count). The SMILES string of the molecule is Nc1ccc2c(c1)CCC(=S)N2. The predicted octanol–water partition coefficient (Wildman–Crippen LogP) is 1.95. The van der Waals surface area contributed by atoms with Crippen molar-refractivity contribution in [2.24, 2.45) is 0 Å². The second-order valence-corrected chi connectivity index (χ2v) is 3.46. The number of nitrogens with two attached hydrogens (primary N) is 1. The average molecular weight is 178 g/mol. The fourth-order valence-electron chi connectivity index (χ4n) is 1.40. The highest BCUT2D eigenvalue weighted by atomic mass is 32.1. The van der Waals surface area contributed by atoms with Crippen molar-refractivity contribution < 1.29 is 0 Å². The molecule has 0 spiro atoms. The molecular formula is C9H10N2S. The van der Waals surface area contributed by atoms with Crippen molar-refractivity contribution in [3.05, 3.63) is 23.8 Å². The molecular weight excluding hydrogens is 168 g/mol. The van der Waals surface area contributed by atoms with E-state index in [0.29, 0.717) is 0 Å². The lowest BCUT2D eigenvalue weighted by atomic mass is 10.0. The van der Waals surface area contributed by atoms with Crippen LogP contribution >= 0.6 is 12.2 Å². The maximum absolute atomic E-state index is 5.66. The Kier molecular flexibility index (Phi) is 1.73. The molecule has 0 aliphatic carbocycles. The molecule has 0 saturated carbocycles. The number of nitrogens with one attached hydrogen (secondary N) is 1. The quantitative estimate of drug-likeness (QED) is 0.471. The van der Waals surface area contributed by atoms with Crippen LogP contribution in [0.15, 0.2) is 18.2 Å². The zero-order valence-corrected chi connectivity index (χ0v) is 7.45. The van der Waals surface area contributed by atoms with Crippen LogP contribution in [-0.2, 0) is 6.42 Å². The number of hydrogen-bond donors (Lipinski definition) is 2. The molecule has 0 atom stereocenters. The average Bonchev–Trinajstić information content (AvgIpc) is 2.05. The van der Waals surface area contributed by atoms with E-state index < -0.39 is 0 Å². The zero-order valence-electron chi connectivity index (χ0n) is 6.63. The van der Waals surface area contributed by atoms with Gasteiger partial charge in [-0.15, -0.1) is 0 Å². The monoisotopic (exact) mass is 178 g/mol. The highest BCUT2D eigenvalue weighted by molar-refractivity contribution is 7.80. The molecule has 0 bridgehead atoms. The van der Waals surface area contributed by atoms with Crippen LogP contribution in [-0.4, -0.2) is 4.99 Å². The summed E-state index contributed by atoms with van der Waals surface area (Å²) in [6, 6.07) is 5.88. The van der Waals surface area contributed by atoms with Gasteiger partial charge in [-0.2, -0.15) is 0 Å². The Morgan fingerprint density at radius 2 is 2.17 bits per heavy atom. The number of hydrogen-bond acceptors (Lipinski definition) is 2. The van der Waals surface area contributed by atoms with Crippen molar-refractivity contribution >= 4 is 28.6 Å². The second kappa shape index (κ2) is 2.75. The van der Waals surface area contributed by atoms with Gasteiger partial charge in [0.05, 0.1) is 4.99 Å². The van der Waals surface area contributed by atoms with Crippen molar-refractivity contribution in [2.45, 2.75) is 12.8 Å². The lowest BCUT2D eigenvalue weighted by molar-refractivity contribution is 1.03. The molecule has 1 aliphatic heterocycles. The molecule has 0 aromatic heterocycles. The van der Waals surface area contributed by atoms with E-state index in [-0.39, 0.29) is 0 Å². The molecule has 0 radical (unpaired) electrons. The number of anilines is 2. The molecule has 1 heterocycles. The number of rotatable bonds is 0. The first-order valence-corrected chi connectivity index (χ1v) is 4.35. The van der Waals surface area contributed by atoms with Crippen LogP contribution in [0.5, 0.6) is 0 Å². The Morgan fingerprint density at radius 1 is 1.33 bits per heavy atom. The van der Waals surface area contributed by atoms with Gasteiger partial charge < -0.3 is 11.1 Å². The van der Waals surface area contributed by atoms with Crippen molar-refractivity contribution in [1.82, 2.24) is 0 Å². The minimum atomic E-state index is 0.823. The number of fused-ring (bicyclic) bond motifs is 1. The Hall–Kier alpha value is -1.09. The van der Waals surface area contributed by atoms with E-state index in [1.165, 1.54) is 5.56 Å². The second-order valence-electron chi connectivity index (χ2n) is 2.96. The summed E-state index contributed by atoms with van der Waals surface area (Å²) in [6.07, 6.45) is 1.94. The third-order valence-electron chi connectivity index (χ3n) is 2.02. The van der Waals surface area contributed by atoms with E-state index in [4.69, 9.17) is 18.0 Å². The van der Waals surface area contributed by atoms with Gasteiger partial charge >= 0.3 is 0 Å². The van der Waals surface area contributed by atoms with Gasteiger partial charge in [-0.25, -0.2) is 0 Å². The molecule has 0 saturated heterocycles. The summed E-state index contributed by atoms with van der Waals surface area (Å²) < 4.78 is 0. The van der Waals surface area contributed by atoms with Gasteiger partial charge in [0, 0.05) is 17.8 Å². The summed E-state index contributed by atoms with van der Waals surface area (Å²) in [5.41, 5.74) is 8.86. The maximum atomic E-state index is 5.66. The third-order valence-corrected chi connectivity index (χ3v) is 2.33. The summed E-state index contributed by atoms with van der Waals surface area (Å²) in [6.45, 7) is 0. The van der Waals surface area contributed by atoms with Gasteiger partial charge in [-0.05, 0) is 30.2 Å². The summed E-state index contributed by atoms with van der Waals surface area (Å²) in [5, 5.41) is 3.16. The van der Waals surface area contributed by atoms with Crippen LogP contribution in [0, 0.1) is 0 Å². The van der Waals surface area contributed by atoms with Gasteiger partial charge in [0.1, 0.15) is 0 Å². The largest absolute Gasteiger partial charge is 0.399 e. The molecule has 2 nitrogen and oxygen atoms in total. The molecule has 62 valence electrons. The van der Waals surface area contributed by atoms with Crippen molar-refractivity contribution in [1.29, 1.82) is 0 Å². The maximum Gasteiger partial charge on any atom is 0.0800 e. The van der Waals surface area contributed by atoms with E-state index in [2.05, 4.69) is 5.32 Å². The number of benzene rings is 1. The summed E-state index contributed by atoms with van der Waals surface area (Å²) in [4.78, 5) is 0.923. The lowest BCUT2D eigenvalue weighted by Crippen LogP contribution is -2.17. The highest BCUT2D eigenvalue weighted by Crippen LogP contribution is 2.24. The number of aryl methyl sites for hydroxylation is 1. The molecule has 0 amide bonds. The van der Waals surface area contributed by atoms with Gasteiger partial charge in [-0.3, -0.25) is 0 Å². The Labute approximate surface area is 76.8 Å². The topological polar surface area (TPSA) is 38.0 Å². The molecule has 1 aromatic carbocycles. The van der Waals surface area contributed by atoms with Crippen molar-refractivity contribution in [3.63, 3.8) is 0 Å². The molecule has 3 N–H and O–H groups in total. The lowest BCUT2D eigenvalue weighted by Gasteiger charge is -2.18. The molecule has 1 aromatic rings. The van der Waals surface area contributed by atoms with E-state index in [0.717, 1.165) is 29.2 Å². The minimum absolute atomic E-state index is 0.823. The van der Waals surface area contributed by atoms with E-state index in [9.17, 15) is 0 Å². The number of nitrogen functional groups attached to an aromatic ring is 1. The van der Waals surface area contributed by atoms with Gasteiger partial charge in [0.2, 0.25) is 0 Å². The van der Waals surface area contributed by atoms with Crippen LogP contribution in [0.4, 0.5) is 11.4 Å². The van der Waals surface area contributed by atoms with E-state index >= 15 is 0 Å². The molecule has 12 heavy (non-hydrogen) atoms. The smallest absolute Gasteiger partial charge is 0.0800 e. The summed E-state index contributed by atoms with van der Waals surface area (Å²) in [7, 11) is 0. The summed E-state index contributed by atoms with van der Waals surface area (Å²) >= 11 is 5.07. The van der Waals surface area contributed by atoms with Crippen molar-refractivity contribution in [2.75, 3.05) is 11.1 Å².